The van der Waals surface area contributed by atoms with Gasteiger partial charge in [0, 0.05) is 5.38 Å². The number of carboxylic acid groups (broad SMARTS) is 1. The Balaban J connectivity index is 3.06. The fourth-order valence-corrected chi connectivity index (χ4v) is 2.78. The summed E-state index contributed by atoms with van der Waals surface area (Å²) in [5, 5.41) is 9.70. The average Bonchev–Trinajstić information content (AvgIpc) is 2.48. The second-order valence-corrected chi connectivity index (χ2v) is 5.25. The highest BCUT2D eigenvalue weighted by atomic mass is 32.2. The first-order valence-corrected chi connectivity index (χ1v) is 5.83. The zero-order valence-electron chi connectivity index (χ0n) is 7.13. The van der Waals surface area contributed by atoms with Crippen molar-refractivity contribution >= 4 is 33.4 Å². The van der Waals surface area contributed by atoms with E-state index in [1.807, 2.05) is 0 Å². The molecule has 0 spiro atoms. The number of nitrogens with one attached hydrogen (secondary N) is 1. The minimum absolute atomic E-state index is 0.162. The molecule has 0 saturated carbocycles. The lowest BCUT2D eigenvalue weighted by atomic mass is 10.4. The number of hydrogen-bond acceptors (Lipinski definition) is 5. The van der Waals surface area contributed by atoms with Crippen molar-refractivity contribution in [2.45, 2.75) is 4.21 Å². The summed E-state index contributed by atoms with van der Waals surface area (Å²) < 4.78 is 23.8. The summed E-state index contributed by atoms with van der Waals surface area (Å²) in [6, 6.07) is -0.279. The molecule has 0 bridgehead atoms. The molecule has 0 unspecified atom stereocenters. The van der Waals surface area contributed by atoms with E-state index in [-0.39, 0.29) is 9.77 Å². The van der Waals surface area contributed by atoms with Crippen molar-refractivity contribution in [1.82, 2.24) is 4.72 Å². The van der Waals surface area contributed by atoms with Crippen LogP contribution >= 0.6 is 11.3 Å². The van der Waals surface area contributed by atoms with Crippen molar-refractivity contribution in [3.05, 3.63) is 17.0 Å². The van der Waals surface area contributed by atoms with Crippen molar-refractivity contribution in [1.29, 1.82) is 0 Å². The smallest absolute Gasteiger partial charge is 0.336 e. The molecule has 1 aromatic rings. The third-order valence-electron chi connectivity index (χ3n) is 1.32. The standard InChI is InChI=1S/C6H6N2O5S2/c7-6(11)8-15(12,13)4-1-3(2-14-4)5(9)10/h1-2H,(H,9,10)(H3,7,8,11). The van der Waals surface area contributed by atoms with Crippen molar-refractivity contribution < 1.29 is 23.1 Å². The van der Waals surface area contributed by atoms with Gasteiger partial charge in [0.15, 0.2) is 0 Å². The predicted molar refractivity (Wildman–Crippen MR) is 51.2 cm³/mol. The maximum Gasteiger partial charge on any atom is 0.336 e. The molecule has 0 aliphatic heterocycles. The Labute approximate surface area is 88.6 Å². The van der Waals surface area contributed by atoms with Gasteiger partial charge in [0.2, 0.25) is 0 Å². The van der Waals surface area contributed by atoms with Crippen LogP contribution in [0.3, 0.4) is 0 Å². The molecule has 9 heteroatoms. The van der Waals surface area contributed by atoms with E-state index < -0.39 is 22.0 Å². The van der Waals surface area contributed by atoms with E-state index in [2.05, 4.69) is 5.73 Å². The van der Waals surface area contributed by atoms with Crippen LogP contribution in [0.1, 0.15) is 10.4 Å². The fraction of sp³-hybridized carbons (Fsp3) is 0. The van der Waals surface area contributed by atoms with Gasteiger partial charge in [0.05, 0.1) is 5.56 Å². The predicted octanol–water partition coefficient (Wildman–Crippen LogP) is -0.197. The highest BCUT2D eigenvalue weighted by Crippen LogP contribution is 2.19. The Morgan fingerprint density at radius 2 is 2.07 bits per heavy atom. The van der Waals surface area contributed by atoms with E-state index >= 15 is 0 Å². The van der Waals surface area contributed by atoms with Crippen LogP contribution in [0, 0.1) is 0 Å². The van der Waals surface area contributed by atoms with E-state index in [1.165, 1.54) is 4.72 Å². The Hall–Kier alpha value is -1.61. The summed E-state index contributed by atoms with van der Waals surface area (Å²) in [6.45, 7) is 0. The quantitative estimate of drug-likeness (QED) is 0.684. The number of sulfonamides is 1. The maximum absolute atomic E-state index is 11.3. The first kappa shape index (κ1) is 11.5. The highest BCUT2D eigenvalue weighted by molar-refractivity contribution is 7.92. The Bertz CT molecular complexity index is 503. The van der Waals surface area contributed by atoms with E-state index in [4.69, 9.17) is 5.11 Å². The number of amides is 2. The van der Waals surface area contributed by atoms with Crippen LogP contribution < -0.4 is 10.5 Å². The van der Waals surface area contributed by atoms with Gasteiger partial charge in [-0.15, -0.1) is 11.3 Å². The average molecular weight is 250 g/mol. The Morgan fingerprint density at radius 3 is 2.47 bits per heavy atom. The van der Waals surface area contributed by atoms with Gasteiger partial charge in [0.25, 0.3) is 10.0 Å². The van der Waals surface area contributed by atoms with Crippen molar-refractivity contribution in [3.63, 3.8) is 0 Å². The lowest BCUT2D eigenvalue weighted by Gasteiger charge is -1.99. The Morgan fingerprint density at radius 1 is 1.47 bits per heavy atom. The first-order chi connectivity index (χ1) is 6.83. The maximum atomic E-state index is 11.3. The second kappa shape index (κ2) is 3.87. The van der Waals surface area contributed by atoms with E-state index in [0.29, 0.717) is 11.3 Å². The molecular weight excluding hydrogens is 244 g/mol. The number of thiophene rings is 1. The van der Waals surface area contributed by atoms with Crippen molar-refractivity contribution in [2.75, 3.05) is 0 Å². The van der Waals surface area contributed by atoms with Gasteiger partial charge in [0.1, 0.15) is 4.21 Å². The molecule has 2 amide bonds. The molecule has 0 aliphatic rings. The zero-order valence-corrected chi connectivity index (χ0v) is 8.76. The van der Waals surface area contributed by atoms with Crippen molar-refractivity contribution in [2.24, 2.45) is 5.73 Å². The molecule has 0 atom stereocenters. The molecule has 0 aliphatic carbocycles. The minimum atomic E-state index is -4.04. The largest absolute Gasteiger partial charge is 0.478 e. The zero-order chi connectivity index (χ0) is 11.6. The third-order valence-corrected chi connectivity index (χ3v) is 4.11. The number of carbonyl (C=O) groups is 2. The van der Waals surface area contributed by atoms with Crippen LogP contribution in [0.2, 0.25) is 0 Å². The van der Waals surface area contributed by atoms with Crippen LogP contribution in [0.15, 0.2) is 15.7 Å². The van der Waals surface area contributed by atoms with Crippen LogP contribution in [-0.2, 0) is 10.0 Å². The number of aromatic carboxylic acids is 1. The second-order valence-electron chi connectivity index (χ2n) is 2.43. The fourth-order valence-electron chi connectivity index (χ4n) is 0.752. The van der Waals surface area contributed by atoms with E-state index in [0.717, 1.165) is 11.4 Å². The number of carbonyl (C=O) groups excluding carboxylic acids is 1. The summed E-state index contributed by atoms with van der Waals surface area (Å²) >= 11 is 0.688. The molecule has 1 aromatic heterocycles. The van der Waals surface area contributed by atoms with Gasteiger partial charge in [-0.05, 0) is 6.07 Å². The number of primary amides is 1. The molecule has 82 valence electrons. The van der Waals surface area contributed by atoms with Gasteiger partial charge in [-0.25, -0.2) is 22.7 Å². The SMILES string of the molecule is NC(=O)NS(=O)(=O)c1cc(C(=O)O)cs1. The van der Waals surface area contributed by atoms with Gasteiger partial charge in [-0.3, -0.25) is 0 Å². The summed E-state index contributed by atoms with van der Waals surface area (Å²) in [5.74, 6) is -1.24. The molecular formula is C6H6N2O5S2. The highest BCUT2D eigenvalue weighted by Gasteiger charge is 2.19. The normalized spacial score (nSPS) is 10.9. The van der Waals surface area contributed by atoms with Gasteiger partial charge in [-0.1, -0.05) is 0 Å². The lowest BCUT2D eigenvalue weighted by molar-refractivity contribution is 0.0697. The van der Waals surface area contributed by atoms with Crippen LogP contribution in [-0.4, -0.2) is 25.5 Å². The monoisotopic (exact) mass is 250 g/mol. The number of hydrogen-bond donors (Lipinski definition) is 3. The molecule has 0 fully saturated rings. The number of nitrogens with two attached hydrogens (primary N) is 1. The number of rotatable bonds is 3. The number of carboxylic acids is 1. The molecule has 0 aromatic carbocycles. The van der Waals surface area contributed by atoms with Crippen LogP contribution in [0.4, 0.5) is 4.79 Å². The van der Waals surface area contributed by atoms with Crippen molar-refractivity contribution in [3.8, 4) is 0 Å². The first-order valence-electron chi connectivity index (χ1n) is 3.47. The molecule has 0 radical (unpaired) electrons. The molecule has 15 heavy (non-hydrogen) atoms. The summed E-state index contributed by atoms with van der Waals surface area (Å²) in [7, 11) is -4.04. The van der Waals surface area contributed by atoms with Gasteiger partial charge < -0.3 is 10.8 Å². The molecule has 1 heterocycles. The van der Waals surface area contributed by atoms with E-state index in [1.54, 1.807) is 0 Å². The van der Waals surface area contributed by atoms with Crippen LogP contribution in [0.5, 0.6) is 0 Å². The summed E-state index contributed by atoms with van der Waals surface area (Å²) in [5.41, 5.74) is 4.48. The summed E-state index contributed by atoms with van der Waals surface area (Å²) in [6.07, 6.45) is 0. The molecule has 7 nitrogen and oxygen atoms in total. The topological polar surface area (TPSA) is 127 Å². The van der Waals surface area contributed by atoms with Gasteiger partial charge in [-0.2, -0.15) is 0 Å². The third kappa shape index (κ3) is 2.67. The summed E-state index contributed by atoms with van der Waals surface area (Å²) in [4.78, 5) is 20.8. The van der Waals surface area contributed by atoms with Crippen LogP contribution in [0.25, 0.3) is 0 Å². The number of urea groups is 1. The van der Waals surface area contributed by atoms with E-state index in [9.17, 15) is 18.0 Å². The molecule has 4 N–H and O–H groups in total. The lowest BCUT2D eigenvalue weighted by Crippen LogP contribution is -2.34. The molecule has 1 rings (SSSR count). The van der Waals surface area contributed by atoms with Gasteiger partial charge >= 0.3 is 12.0 Å². The Kier molecular flexibility index (Phi) is 2.95. The molecule has 0 saturated heterocycles. The minimum Gasteiger partial charge on any atom is -0.478 e.